The van der Waals surface area contributed by atoms with Crippen molar-refractivity contribution in [1.29, 1.82) is 0 Å². The van der Waals surface area contributed by atoms with Gasteiger partial charge in [0.05, 0.1) is 12.0 Å². The number of nitrogens with one attached hydrogen (secondary N) is 1. The van der Waals surface area contributed by atoms with Gasteiger partial charge in [-0.05, 0) is 30.1 Å². The van der Waals surface area contributed by atoms with Crippen LogP contribution >= 0.6 is 8.96 Å². The first kappa shape index (κ1) is 30.5. The molecule has 0 bridgehead atoms. The van der Waals surface area contributed by atoms with Gasteiger partial charge in [0.1, 0.15) is 21.2 Å². The Bertz CT molecular complexity index is 752. The SMILES string of the molecule is [B]NPOC(=O)CC(=O)C(C)C1C(C(C)O[Si](C)(C)C(C)(C)C)C(=O)N1[Si](C)(C)C(C)(C)C. The average molecular weight is 515 g/mol. The molecule has 0 aromatic carbocycles. The van der Waals surface area contributed by atoms with Crippen molar-refractivity contribution in [1.82, 2.24) is 9.56 Å². The molecule has 1 heterocycles. The van der Waals surface area contributed by atoms with Crippen LogP contribution in [0.15, 0.2) is 0 Å². The largest absolute Gasteiger partial charge is 0.432 e. The minimum atomic E-state index is -2.25. The standard InChI is InChI=1S/C22H44BN2O5PSi2/c1-14(16(26)13-17(27)29-31-24-23)19-18(15(2)30-33(11,12)22(6,7)8)20(28)25(19)32(9,10)21(3,4)5/h14-15,18-19,24,31H,13H2,1-12H3. The zero-order valence-corrected chi connectivity index (χ0v) is 25.6. The van der Waals surface area contributed by atoms with E-state index < -0.39 is 43.3 Å². The van der Waals surface area contributed by atoms with E-state index in [9.17, 15) is 14.4 Å². The average Bonchev–Trinajstić information content (AvgIpc) is 2.60. The Balaban J connectivity index is 3.27. The van der Waals surface area contributed by atoms with E-state index in [0.29, 0.717) is 0 Å². The molecule has 1 amide bonds. The molecule has 0 spiro atoms. The quantitative estimate of drug-likeness (QED) is 0.199. The number of hydrogen-bond donors (Lipinski definition) is 1. The first-order valence-corrected chi connectivity index (χ1v) is 18.4. The molecule has 2 radical (unpaired) electrons. The molecule has 1 saturated heterocycles. The minimum Gasteiger partial charge on any atom is -0.432 e. The van der Waals surface area contributed by atoms with Gasteiger partial charge in [-0.1, -0.05) is 61.6 Å². The van der Waals surface area contributed by atoms with Crippen molar-refractivity contribution in [2.75, 3.05) is 0 Å². The summed E-state index contributed by atoms with van der Waals surface area (Å²) in [4.78, 5) is 41.0. The fourth-order valence-corrected chi connectivity index (χ4v) is 8.11. The van der Waals surface area contributed by atoms with Gasteiger partial charge < -0.3 is 18.5 Å². The number of carbonyl (C=O) groups excluding carboxylic acids is 3. The van der Waals surface area contributed by atoms with E-state index in [-0.39, 0.29) is 40.3 Å². The van der Waals surface area contributed by atoms with E-state index in [1.165, 1.54) is 0 Å². The number of Topliss-reactive ketones (excluding diaryl/α,β-unsaturated/α-hetero) is 1. The van der Waals surface area contributed by atoms with Crippen molar-refractivity contribution in [3.63, 3.8) is 0 Å². The summed E-state index contributed by atoms with van der Waals surface area (Å²) in [5, 5.41) is -0.0727. The summed E-state index contributed by atoms with van der Waals surface area (Å²) in [5.41, 5.74) is 0. The van der Waals surface area contributed by atoms with Gasteiger partial charge in [-0.15, -0.1) is 0 Å². The second-order valence-corrected chi connectivity index (χ2v) is 22.8. The molecule has 5 atom stereocenters. The highest BCUT2D eigenvalue weighted by atomic mass is 31.1. The van der Waals surface area contributed by atoms with E-state index in [4.69, 9.17) is 16.9 Å². The van der Waals surface area contributed by atoms with Crippen LogP contribution in [0.4, 0.5) is 0 Å². The fraction of sp³-hybridized carbons (Fsp3) is 0.864. The third-order valence-electron chi connectivity index (χ3n) is 7.98. The number of rotatable bonds is 10. The smallest absolute Gasteiger partial charge is 0.316 e. The number of ketones is 1. The molecule has 1 rings (SSSR count). The number of amides is 1. The van der Waals surface area contributed by atoms with Crippen molar-refractivity contribution < 1.29 is 23.3 Å². The lowest BCUT2D eigenvalue weighted by molar-refractivity contribution is -0.159. The summed E-state index contributed by atoms with van der Waals surface area (Å²) in [6, 6.07) is -0.298. The summed E-state index contributed by atoms with van der Waals surface area (Å²) >= 11 is 0. The van der Waals surface area contributed by atoms with Crippen LogP contribution < -0.4 is 5.00 Å². The third kappa shape index (κ3) is 6.57. The molecule has 0 saturated carbocycles. The summed E-state index contributed by atoms with van der Waals surface area (Å²) in [5.74, 6) is -1.69. The summed E-state index contributed by atoms with van der Waals surface area (Å²) in [7, 11) is 0.383. The zero-order valence-electron chi connectivity index (χ0n) is 22.6. The van der Waals surface area contributed by atoms with Crippen molar-refractivity contribution in [3.05, 3.63) is 0 Å². The van der Waals surface area contributed by atoms with Crippen LogP contribution in [0.3, 0.4) is 0 Å². The van der Waals surface area contributed by atoms with Gasteiger partial charge in [-0.2, -0.15) is 0 Å². The molecule has 1 aliphatic rings. The van der Waals surface area contributed by atoms with E-state index in [0.717, 1.165) is 0 Å². The summed E-state index contributed by atoms with van der Waals surface area (Å²) < 4.78 is 13.5. The molecule has 1 N–H and O–H groups in total. The molecule has 0 aromatic rings. The lowest BCUT2D eigenvalue weighted by atomic mass is 9.76. The number of β-lactam (4-membered cyclic amide) rings is 1. The maximum absolute atomic E-state index is 13.6. The minimum absolute atomic E-state index is 0.00562. The topological polar surface area (TPSA) is 84.9 Å². The number of nitrogens with zero attached hydrogens (tertiary/aromatic N) is 1. The molecule has 11 heteroatoms. The maximum atomic E-state index is 13.6. The highest BCUT2D eigenvalue weighted by Gasteiger charge is 2.61. The molecule has 5 unspecified atom stereocenters. The van der Waals surface area contributed by atoms with Gasteiger partial charge in [0.25, 0.3) is 0 Å². The highest BCUT2D eigenvalue weighted by molar-refractivity contribution is 7.32. The predicted octanol–water partition coefficient (Wildman–Crippen LogP) is 4.55. The van der Waals surface area contributed by atoms with E-state index in [1.807, 2.05) is 18.4 Å². The Morgan fingerprint density at radius 2 is 1.61 bits per heavy atom. The van der Waals surface area contributed by atoms with Crippen LogP contribution in [-0.4, -0.2) is 58.9 Å². The Morgan fingerprint density at radius 3 is 2.03 bits per heavy atom. The zero-order chi connectivity index (χ0) is 26.2. The fourth-order valence-electron chi connectivity index (χ4n) is 3.89. The van der Waals surface area contributed by atoms with Gasteiger partial charge in [0.2, 0.25) is 5.91 Å². The Kier molecular flexibility index (Phi) is 9.80. The van der Waals surface area contributed by atoms with E-state index >= 15 is 0 Å². The molecule has 33 heavy (non-hydrogen) atoms. The normalized spacial score (nSPS) is 22.3. The van der Waals surface area contributed by atoms with Crippen molar-refractivity contribution in [2.45, 2.75) is 110 Å². The second kappa shape index (κ2) is 10.6. The van der Waals surface area contributed by atoms with E-state index in [2.05, 4.69) is 72.7 Å². The molecular formula is C22H44BN2O5PSi2. The molecule has 7 nitrogen and oxygen atoms in total. The third-order valence-corrected chi connectivity index (χ3v) is 18.4. The van der Waals surface area contributed by atoms with Crippen molar-refractivity contribution in [2.24, 2.45) is 11.8 Å². The monoisotopic (exact) mass is 514 g/mol. The van der Waals surface area contributed by atoms with Gasteiger partial charge in [-0.25, -0.2) is 0 Å². The van der Waals surface area contributed by atoms with Crippen molar-refractivity contribution >= 4 is 51.2 Å². The van der Waals surface area contributed by atoms with Gasteiger partial charge in [-0.3, -0.25) is 14.4 Å². The van der Waals surface area contributed by atoms with Gasteiger partial charge in [0.15, 0.2) is 24.5 Å². The van der Waals surface area contributed by atoms with Gasteiger partial charge >= 0.3 is 5.97 Å². The molecule has 1 aliphatic heterocycles. The van der Waals surface area contributed by atoms with Crippen LogP contribution in [0.25, 0.3) is 0 Å². The van der Waals surface area contributed by atoms with E-state index in [1.54, 1.807) is 0 Å². The Morgan fingerprint density at radius 1 is 1.09 bits per heavy atom. The molecule has 0 aliphatic carbocycles. The lowest BCUT2D eigenvalue weighted by Crippen LogP contribution is -2.77. The Labute approximate surface area is 206 Å². The molecule has 1 fully saturated rings. The van der Waals surface area contributed by atoms with Crippen LogP contribution in [0, 0.1) is 11.8 Å². The molecule has 188 valence electrons. The highest BCUT2D eigenvalue weighted by Crippen LogP contribution is 2.49. The summed E-state index contributed by atoms with van der Waals surface area (Å²) in [6.07, 6.45) is -0.648. The number of hydrogen-bond acceptors (Lipinski definition) is 6. The summed E-state index contributed by atoms with van der Waals surface area (Å²) in [6.45, 7) is 25.4. The second-order valence-electron chi connectivity index (χ2n) is 12.3. The van der Waals surface area contributed by atoms with Crippen LogP contribution in [0.1, 0.15) is 61.8 Å². The predicted molar refractivity (Wildman–Crippen MR) is 141 cm³/mol. The van der Waals surface area contributed by atoms with Gasteiger partial charge in [0, 0.05) is 12.0 Å². The number of carbonyl (C=O) groups is 3. The first-order valence-electron chi connectivity index (χ1n) is 11.6. The van der Waals surface area contributed by atoms with Crippen molar-refractivity contribution in [3.8, 4) is 0 Å². The molecule has 0 aromatic heterocycles. The maximum Gasteiger partial charge on any atom is 0.316 e. The first-order chi connectivity index (χ1) is 14.7. The lowest BCUT2D eigenvalue weighted by Gasteiger charge is -2.61. The van der Waals surface area contributed by atoms with Crippen LogP contribution in [-0.2, 0) is 23.3 Å². The van der Waals surface area contributed by atoms with Crippen LogP contribution in [0.2, 0.25) is 36.3 Å². The van der Waals surface area contributed by atoms with Crippen LogP contribution in [0.5, 0.6) is 0 Å². The molecular weight excluding hydrogens is 470 g/mol. The Hall–Kier alpha value is -0.541.